The molecule has 3 heterocycles. The normalized spacial score (nSPS) is 25.5. The molecule has 0 saturated carbocycles. The Morgan fingerprint density at radius 1 is 1.04 bits per heavy atom. The third kappa shape index (κ3) is 3.94. The molecule has 148 valence electrons. The molecule has 0 N–H and O–H groups in total. The van der Waals surface area contributed by atoms with Gasteiger partial charge in [0, 0.05) is 36.9 Å². The van der Waals surface area contributed by atoms with Gasteiger partial charge in [0.05, 0.1) is 5.56 Å². The maximum Gasteiger partial charge on any atom is 0.451 e. The van der Waals surface area contributed by atoms with Gasteiger partial charge >= 0.3 is 6.18 Å². The molecular weight excluding hydrogens is 367 g/mol. The highest BCUT2D eigenvalue weighted by atomic mass is 19.4. The lowest BCUT2D eigenvalue weighted by atomic mass is 9.75. The molecule has 2 aliphatic rings. The molecule has 0 aliphatic carbocycles. The molecule has 2 unspecified atom stereocenters. The van der Waals surface area contributed by atoms with Gasteiger partial charge < -0.3 is 0 Å². The Morgan fingerprint density at radius 2 is 1.64 bits per heavy atom. The summed E-state index contributed by atoms with van der Waals surface area (Å²) in [7, 11) is 0. The zero-order chi connectivity index (χ0) is 19.7. The van der Waals surface area contributed by atoms with Crippen LogP contribution in [0.4, 0.5) is 13.2 Å². The van der Waals surface area contributed by atoms with E-state index in [1.807, 2.05) is 18.2 Å². The van der Waals surface area contributed by atoms with Crippen LogP contribution in [0.3, 0.4) is 0 Å². The number of rotatable bonds is 4. The average Bonchev–Trinajstić information content (AvgIpc) is 2.67. The van der Waals surface area contributed by atoms with Crippen LogP contribution in [-0.4, -0.2) is 32.7 Å². The number of halogens is 3. The van der Waals surface area contributed by atoms with E-state index < -0.39 is 12.0 Å². The van der Waals surface area contributed by atoms with Crippen LogP contribution in [0, 0.1) is 5.92 Å². The molecule has 0 amide bonds. The summed E-state index contributed by atoms with van der Waals surface area (Å²) in [5.41, 5.74) is 1.44. The molecule has 1 aromatic heterocycles. The van der Waals surface area contributed by atoms with Crippen molar-refractivity contribution in [1.29, 1.82) is 0 Å². The maximum absolute atomic E-state index is 12.9. The highest BCUT2D eigenvalue weighted by Crippen LogP contribution is 2.39. The zero-order valence-electron chi connectivity index (χ0n) is 15.4. The maximum atomic E-state index is 12.9. The minimum Gasteiger partial charge on any atom is -0.294 e. The van der Waals surface area contributed by atoms with Crippen LogP contribution in [-0.2, 0) is 12.7 Å². The lowest BCUT2D eigenvalue weighted by molar-refractivity contribution is -0.145. The predicted molar refractivity (Wildman–Crippen MR) is 97.5 cm³/mol. The number of ketones is 1. The second-order valence-corrected chi connectivity index (χ2v) is 7.72. The van der Waals surface area contributed by atoms with Crippen LogP contribution < -0.4 is 0 Å². The van der Waals surface area contributed by atoms with Crippen LogP contribution >= 0.6 is 0 Å². The average molecular weight is 389 g/mol. The van der Waals surface area contributed by atoms with Gasteiger partial charge in [-0.1, -0.05) is 36.8 Å². The Labute approximate surface area is 161 Å². The van der Waals surface area contributed by atoms with Crippen LogP contribution in [0.5, 0.6) is 0 Å². The molecule has 1 aromatic carbocycles. The lowest BCUT2D eigenvalue weighted by Gasteiger charge is -2.48. The fourth-order valence-electron chi connectivity index (χ4n) is 4.58. The second kappa shape index (κ2) is 7.62. The summed E-state index contributed by atoms with van der Waals surface area (Å²) in [6.07, 6.45) is 2.18. The number of piperidine rings is 2. The molecule has 28 heavy (non-hydrogen) atoms. The summed E-state index contributed by atoms with van der Waals surface area (Å²) in [4.78, 5) is 22.1. The molecule has 4 nitrogen and oxygen atoms in total. The number of aromatic nitrogens is 2. The van der Waals surface area contributed by atoms with E-state index in [-0.39, 0.29) is 17.3 Å². The number of hydrogen-bond acceptors (Lipinski definition) is 4. The SMILES string of the molecule is O=C(c1cnc(C(F)(F)F)nc1)C1CC2CCCC(C1)N2Cc1ccccc1. The van der Waals surface area contributed by atoms with E-state index in [4.69, 9.17) is 0 Å². The van der Waals surface area contributed by atoms with Crippen molar-refractivity contribution in [3.8, 4) is 0 Å². The van der Waals surface area contributed by atoms with Gasteiger partial charge in [-0.15, -0.1) is 0 Å². The van der Waals surface area contributed by atoms with E-state index in [1.165, 1.54) is 5.56 Å². The second-order valence-electron chi connectivity index (χ2n) is 7.72. The van der Waals surface area contributed by atoms with Crippen molar-refractivity contribution >= 4 is 5.78 Å². The summed E-state index contributed by atoms with van der Waals surface area (Å²) in [6, 6.07) is 11.0. The third-order valence-corrected chi connectivity index (χ3v) is 5.89. The first-order valence-corrected chi connectivity index (χ1v) is 9.65. The monoisotopic (exact) mass is 389 g/mol. The third-order valence-electron chi connectivity index (χ3n) is 5.89. The van der Waals surface area contributed by atoms with Gasteiger partial charge in [0.15, 0.2) is 5.78 Å². The number of carbonyl (C=O) groups excluding carboxylic acids is 1. The predicted octanol–water partition coefficient (Wildman–Crippen LogP) is 4.51. The van der Waals surface area contributed by atoms with E-state index in [9.17, 15) is 18.0 Å². The van der Waals surface area contributed by atoms with Gasteiger partial charge in [0.1, 0.15) is 0 Å². The van der Waals surface area contributed by atoms with E-state index >= 15 is 0 Å². The van der Waals surface area contributed by atoms with Crippen molar-refractivity contribution in [2.24, 2.45) is 5.92 Å². The fourth-order valence-corrected chi connectivity index (χ4v) is 4.58. The number of benzene rings is 1. The molecule has 2 aromatic rings. The van der Waals surface area contributed by atoms with Crippen molar-refractivity contribution in [2.75, 3.05) is 0 Å². The first kappa shape index (κ1) is 19.1. The van der Waals surface area contributed by atoms with E-state index in [2.05, 4.69) is 27.0 Å². The standard InChI is InChI=1S/C21H22F3N3O/c22-21(23,24)20-25-11-16(12-26-20)19(28)15-9-17-7-4-8-18(10-15)27(17)13-14-5-2-1-3-6-14/h1-3,5-6,11-12,15,17-18H,4,7-10,13H2. The van der Waals surface area contributed by atoms with Gasteiger partial charge in [0.2, 0.25) is 5.82 Å². The Kier molecular flexibility index (Phi) is 5.19. The highest BCUT2D eigenvalue weighted by molar-refractivity contribution is 5.97. The van der Waals surface area contributed by atoms with Crippen molar-refractivity contribution < 1.29 is 18.0 Å². The quantitative estimate of drug-likeness (QED) is 0.722. The van der Waals surface area contributed by atoms with Crippen LogP contribution in [0.25, 0.3) is 0 Å². The number of alkyl halides is 3. The fraction of sp³-hybridized carbons (Fsp3) is 0.476. The van der Waals surface area contributed by atoms with Gasteiger partial charge in [-0.2, -0.15) is 13.2 Å². The highest BCUT2D eigenvalue weighted by Gasteiger charge is 2.41. The first-order chi connectivity index (χ1) is 13.4. The van der Waals surface area contributed by atoms with Crippen molar-refractivity contribution in [3.63, 3.8) is 0 Å². The molecular formula is C21H22F3N3O. The van der Waals surface area contributed by atoms with E-state index in [0.29, 0.717) is 12.1 Å². The number of carbonyl (C=O) groups is 1. The molecule has 2 fully saturated rings. The van der Waals surface area contributed by atoms with Crippen LogP contribution in [0.15, 0.2) is 42.7 Å². The van der Waals surface area contributed by atoms with Crippen molar-refractivity contribution in [2.45, 2.75) is 56.9 Å². The number of fused-ring (bicyclic) bond motifs is 2. The zero-order valence-corrected chi connectivity index (χ0v) is 15.4. The molecule has 2 atom stereocenters. The van der Waals surface area contributed by atoms with Crippen LogP contribution in [0.2, 0.25) is 0 Å². The molecule has 4 rings (SSSR count). The molecule has 2 saturated heterocycles. The molecule has 7 heteroatoms. The summed E-state index contributed by atoms with van der Waals surface area (Å²) in [5.74, 6) is -1.52. The number of nitrogens with zero attached hydrogens (tertiary/aromatic N) is 3. The lowest BCUT2D eigenvalue weighted by Crippen LogP contribution is -2.52. The van der Waals surface area contributed by atoms with Gasteiger partial charge in [-0.25, -0.2) is 9.97 Å². The van der Waals surface area contributed by atoms with Crippen LogP contribution in [0.1, 0.15) is 53.8 Å². The van der Waals surface area contributed by atoms with E-state index in [0.717, 1.165) is 51.0 Å². The number of hydrogen-bond donors (Lipinski definition) is 0. The van der Waals surface area contributed by atoms with E-state index in [1.54, 1.807) is 0 Å². The minimum absolute atomic E-state index is 0.134. The molecule has 0 spiro atoms. The number of Topliss-reactive ketones (excluding diaryl/α,β-unsaturated/α-hetero) is 1. The topological polar surface area (TPSA) is 46.1 Å². The van der Waals surface area contributed by atoms with Gasteiger partial charge in [-0.05, 0) is 31.2 Å². The smallest absolute Gasteiger partial charge is 0.294 e. The Bertz CT molecular complexity index is 809. The van der Waals surface area contributed by atoms with Crippen molar-refractivity contribution in [1.82, 2.24) is 14.9 Å². The summed E-state index contributed by atoms with van der Waals surface area (Å²) >= 11 is 0. The van der Waals surface area contributed by atoms with Gasteiger partial charge in [0.25, 0.3) is 0 Å². The first-order valence-electron chi connectivity index (χ1n) is 9.65. The molecule has 2 bridgehead atoms. The Morgan fingerprint density at radius 3 is 2.21 bits per heavy atom. The summed E-state index contributed by atoms with van der Waals surface area (Å²) in [6.45, 7) is 0.875. The molecule has 0 radical (unpaired) electrons. The Balaban J connectivity index is 1.47. The summed E-state index contributed by atoms with van der Waals surface area (Å²) < 4.78 is 37.9. The molecule has 2 aliphatic heterocycles. The summed E-state index contributed by atoms with van der Waals surface area (Å²) in [5, 5.41) is 0. The largest absolute Gasteiger partial charge is 0.451 e. The Hall–Kier alpha value is -2.28. The van der Waals surface area contributed by atoms with Gasteiger partial charge in [-0.3, -0.25) is 9.69 Å². The minimum atomic E-state index is -4.60. The van der Waals surface area contributed by atoms with Crippen molar-refractivity contribution in [3.05, 3.63) is 59.7 Å².